The summed E-state index contributed by atoms with van der Waals surface area (Å²) in [6.45, 7) is -0.164. The second-order valence-corrected chi connectivity index (χ2v) is 6.53. The summed E-state index contributed by atoms with van der Waals surface area (Å²) in [6.07, 6.45) is 0. The molecule has 1 amide bonds. The fourth-order valence-electron chi connectivity index (χ4n) is 2.46. The topological polar surface area (TPSA) is 74.4 Å². The number of para-hydroxylation sites is 1. The highest BCUT2D eigenvalue weighted by Crippen LogP contribution is 2.24. The fraction of sp³-hybridized carbons (Fsp3) is 0.0500. The Morgan fingerprint density at radius 2 is 1.50 bits per heavy atom. The van der Waals surface area contributed by atoms with Gasteiger partial charge in [-0.1, -0.05) is 54.6 Å². The molecule has 6 nitrogen and oxygen atoms in total. The van der Waals surface area contributed by atoms with E-state index in [0.29, 0.717) is 10.9 Å². The number of rotatable bonds is 4. The Labute approximate surface area is 173 Å². The van der Waals surface area contributed by atoms with Gasteiger partial charge in [0.25, 0.3) is 5.91 Å². The highest BCUT2D eigenvalue weighted by Gasteiger charge is 2.08. The predicted molar refractivity (Wildman–Crippen MR) is 119 cm³/mol. The molecule has 0 heterocycles. The molecule has 3 aromatic carbocycles. The van der Waals surface area contributed by atoms with Crippen LogP contribution >= 0.6 is 24.4 Å². The number of hydrazine groups is 1. The van der Waals surface area contributed by atoms with Gasteiger partial charge in [0.05, 0.1) is 0 Å². The zero-order valence-electron chi connectivity index (χ0n) is 14.8. The number of benzene rings is 3. The van der Waals surface area contributed by atoms with Crippen molar-refractivity contribution in [2.75, 3.05) is 11.9 Å². The number of carbonyl (C=O) groups is 1. The summed E-state index contributed by atoms with van der Waals surface area (Å²) >= 11 is 10.2. The van der Waals surface area contributed by atoms with E-state index in [1.165, 1.54) is 0 Å². The molecule has 0 aliphatic rings. The van der Waals surface area contributed by atoms with E-state index < -0.39 is 0 Å². The first kappa shape index (κ1) is 19.5. The van der Waals surface area contributed by atoms with Crippen LogP contribution in [0.15, 0.2) is 72.8 Å². The van der Waals surface area contributed by atoms with Gasteiger partial charge in [-0.3, -0.25) is 21.0 Å². The predicted octanol–water partition coefficient (Wildman–Crippen LogP) is 3.11. The fourth-order valence-corrected chi connectivity index (χ4v) is 2.79. The Morgan fingerprint density at radius 3 is 2.32 bits per heavy atom. The minimum Gasteiger partial charge on any atom is -0.483 e. The molecule has 3 aromatic rings. The number of hydrogen-bond donors (Lipinski definition) is 4. The summed E-state index contributed by atoms with van der Waals surface area (Å²) in [7, 11) is 0. The quantitative estimate of drug-likeness (QED) is 0.389. The van der Waals surface area contributed by atoms with Gasteiger partial charge in [0, 0.05) is 11.1 Å². The lowest BCUT2D eigenvalue weighted by atomic mass is 10.1. The van der Waals surface area contributed by atoms with Crippen LogP contribution < -0.4 is 26.2 Å². The van der Waals surface area contributed by atoms with Crippen LogP contribution in [0.3, 0.4) is 0 Å². The van der Waals surface area contributed by atoms with E-state index >= 15 is 0 Å². The third-order valence-corrected chi connectivity index (χ3v) is 4.09. The molecule has 0 aliphatic heterocycles. The summed E-state index contributed by atoms with van der Waals surface area (Å²) in [5, 5.41) is 7.89. The number of amides is 1. The average Bonchev–Trinajstić information content (AvgIpc) is 2.71. The van der Waals surface area contributed by atoms with Crippen molar-refractivity contribution in [3.05, 3.63) is 72.8 Å². The number of fused-ring (bicyclic) bond motifs is 1. The standard InChI is InChI=1S/C20H18N4O2S2/c25-18(13-26-17-12-6-8-14-7-4-5-11-16(14)17)22-20(28)24-23-19(27)21-15-9-2-1-3-10-15/h1-12H,13H2,(H2,21,23,27)(H2,22,24,25,28). The van der Waals surface area contributed by atoms with Gasteiger partial charge in [-0.2, -0.15) is 0 Å². The molecular weight excluding hydrogens is 392 g/mol. The van der Waals surface area contributed by atoms with Crippen molar-refractivity contribution in [2.24, 2.45) is 0 Å². The molecule has 0 saturated heterocycles. The minimum atomic E-state index is -0.380. The molecule has 0 fully saturated rings. The molecule has 0 saturated carbocycles. The molecule has 0 aliphatic carbocycles. The Kier molecular flexibility index (Phi) is 6.72. The van der Waals surface area contributed by atoms with Gasteiger partial charge >= 0.3 is 0 Å². The molecule has 0 bridgehead atoms. The SMILES string of the molecule is O=C(COc1cccc2ccccc12)NC(=S)NNC(=S)Nc1ccccc1. The third-order valence-electron chi connectivity index (χ3n) is 3.68. The van der Waals surface area contributed by atoms with Crippen LogP contribution in [0.2, 0.25) is 0 Å². The van der Waals surface area contributed by atoms with Crippen molar-refractivity contribution >= 4 is 57.0 Å². The van der Waals surface area contributed by atoms with E-state index in [1.807, 2.05) is 72.8 Å². The lowest BCUT2D eigenvalue weighted by Gasteiger charge is -2.14. The van der Waals surface area contributed by atoms with Gasteiger partial charge in [0.2, 0.25) is 0 Å². The minimum absolute atomic E-state index is 0.0868. The lowest BCUT2D eigenvalue weighted by molar-refractivity contribution is -0.121. The van der Waals surface area contributed by atoms with Crippen molar-refractivity contribution in [1.82, 2.24) is 16.2 Å². The molecule has 0 atom stereocenters. The van der Waals surface area contributed by atoms with E-state index in [2.05, 4.69) is 21.5 Å². The molecular formula is C20H18N4O2S2. The first-order valence-electron chi connectivity index (χ1n) is 8.44. The molecule has 142 valence electrons. The van der Waals surface area contributed by atoms with Crippen LogP contribution in [0.25, 0.3) is 10.8 Å². The maximum absolute atomic E-state index is 12.1. The number of hydrogen-bond acceptors (Lipinski definition) is 4. The Hall–Kier alpha value is -3.23. The lowest BCUT2D eigenvalue weighted by Crippen LogP contribution is -2.50. The van der Waals surface area contributed by atoms with Crippen molar-refractivity contribution < 1.29 is 9.53 Å². The monoisotopic (exact) mass is 410 g/mol. The number of carbonyl (C=O) groups excluding carboxylic acids is 1. The first-order chi connectivity index (χ1) is 13.6. The normalized spacial score (nSPS) is 10.0. The molecule has 8 heteroatoms. The van der Waals surface area contributed by atoms with Crippen LogP contribution in [0.1, 0.15) is 0 Å². The maximum atomic E-state index is 12.1. The van der Waals surface area contributed by atoms with Gasteiger partial charge in [0.15, 0.2) is 16.8 Å². The van der Waals surface area contributed by atoms with Gasteiger partial charge in [-0.05, 0) is 48.0 Å². The van der Waals surface area contributed by atoms with Crippen LogP contribution in [0, 0.1) is 0 Å². The molecule has 0 aromatic heterocycles. The summed E-state index contributed by atoms with van der Waals surface area (Å²) in [4.78, 5) is 12.1. The van der Waals surface area contributed by atoms with Gasteiger partial charge < -0.3 is 10.1 Å². The number of thiocarbonyl (C=S) groups is 2. The molecule has 28 heavy (non-hydrogen) atoms. The Balaban J connectivity index is 1.43. The van der Waals surface area contributed by atoms with Crippen LogP contribution in [0.4, 0.5) is 5.69 Å². The van der Waals surface area contributed by atoms with Crippen molar-refractivity contribution in [3.63, 3.8) is 0 Å². The van der Waals surface area contributed by atoms with Gasteiger partial charge in [0.1, 0.15) is 5.75 Å². The van der Waals surface area contributed by atoms with Crippen molar-refractivity contribution in [1.29, 1.82) is 0 Å². The average molecular weight is 411 g/mol. The summed E-state index contributed by atoms with van der Waals surface area (Å²) in [5.74, 6) is 0.257. The summed E-state index contributed by atoms with van der Waals surface area (Å²) in [6, 6.07) is 22.9. The molecule has 0 spiro atoms. The Bertz CT molecular complexity index is 990. The highest BCUT2D eigenvalue weighted by molar-refractivity contribution is 7.80. The highest BCUT2D eigenvalue weighted by atomic mass is 32.1. The summed E-state index contributed by atoms with van der Waals surface area (Å²) < 4.78 is 5.63. The zero-order valence-corrected chi connectivity index (χ0v) is 16.4. The zero-order chi connectivity index (χ0) is 19.8. The second-order valence-electron chi connectivity index (χ2n) is 5.71. The van der Waals surface area contributed by atoms with Crippen LogP contribution in [-0.4, -0.2) is 22.7 Å². The van der Waals surface area contributed by atoms with E-state index in [0.717, 1.165) is 16.5 Å². The van der Waals surface area contributed by atoms with Gasteiger partial charge in [-0.15, -0.1) is 0 Å². The van der Waals surface area contributed by atoms with Crippen LogP contribution in [0.5, 0.6) is 5.75 Å². The Morgan fingerprint density at radius 1 is 0.821 bits per heavy atom. The van der Waals surface area contributed by atoms with Crippen molar-refractivity contribution in [2.45, 2.75) is 0 Å². The molecule has 0 unspecified atom stereocenters. The molecule has 0 radical (unpaired) electrons. The third kappa shape index (κ3) is 5.63. The summed E-state index contributed by atoms with van der Waals surface area (Å²) in [5.41, 5.74) is 6.19. The second kappa shape index (κ2) is 9.63. The maximum Gasteiger partial charge on any atom is 0.264 e. The number of anilines is 1. The smallest absolute Gasteiger partial charge is 0.264 e. The molecule has 4 N–H and O–H groups in total. The number of ether oxygens (including phenoxy) is 1. The number of nitrogens with one attached hydrogen (secondary N) is 4. The van der Waals surface area contributed by atoms with E-state index in [1.54, 1.807) is 0 Å². The molecule has 3 rings (SSSR count). The van der Waals surface area contributed by atoms with Crippen LogP contribution in [-0.2, 0) is 4.79 Å². The van der Waals surface area contributed by atoms with E-state index in [4.69, 9.17) is 29.2 Å². The van der Waals surface area contributed by atoms with Crippen molar-refractivity contribution in [3.8, 4) is 5.75 Å². The van der Waals surface area contributed by atoms with E-state index in [-0.39, 0.29) is 17.6 Å². The van der Waals surface area contributed by atoms with E-state index in [9.17, 15) is 4.79 Å². The largest absolute Gasteiger partial charge is 0.483 e. The van der Waals surface area contributed by atoms with Gasteiger partial charge in [-0.25, -0.2) is 0 Å². The first-order valence-corrected chi connectivity index (χ1v) is 9.26.